The summed E-state index contributed by atoms with van der Waals surface area (Å²) in [6.07, 6.45) is 1.57. The lowest BCUT2D eigenvalue weighted by Crippen LogP contribution is -2.25. The van der Waals surface area contributed by atoms with E-state index in [1.54, 1.807) is 25.5 Å². The molecule has 2 aromatic carbocycles. The summed E-state index contributed by atoms with van der Waals surface area (Å²) in [6, 6.07) is 14.5. The highest BCUT2D eigenvalue weighted by atomic mass is 35.5. The number of rotatable bonds is 6. The fourth-order valence-electron chi connectivity index (χ4n) is 1.69. The molecule has 2 aromatic rings. The first-order valence-corrected chi connectivity index (χ1v) is 7.00. The Morgan fingerprint density at radius 1 is 1.27 bits per heavy atom. The summed E-state index contributed by atoms with van der Waals surface area (Å²) in [6.45, 7) is 0.111. The molecule has 0 fully saturated rings. The van der Waals surface area contributed by atoms with E-state index in [2.05, 4.69) is 15.8 Å². The van der Waals surface area contributed by atoms with E-state index >= 15 is 0 Å². The summed E-state index contributed by atoms with van der Waals surface area (Å²) in [4.78, 5) is 11.7. The number of hydrazone groups is 1. The molecule has 0 heterocycles. The summed E-state index contributed by atoms with van der Waals surface area (Å²) in [5.74, 6) is 0.525. The van der Waals surface area contributed by atoms with Gasteiger partial charge in [0.05, 0.1) is 19.9 Å². The molecule has 0 saturated carbocycles. The van der Waals surface area contributed by atoms with E-state index < -0.39 is 0 Å². The van der Waals surface area contributed by atoms with E-state index in [-0.39, 0.29) is 12.5 Å². The van der Waals surface area contributed by atoms with E-state index in [1.807, 2.05) is 36.4 Å². The Kier molecular flexibility index (Phi) is 5.80. The minimum absolute atomic E-state index is 0.111. The van der Waals surface area contributed by atoms with Gasteiger partial charge in [0.15, 0.2) is 0 Å². The maximum absolute atomic E-state index is 11.7. The number of hydrogen-bond acceptors (Lipinski definition) is 4. The maximum Gasteiger partial charge on any atom is 0.259 e. The Balaban J connectivity index is 1.78. The molecule has 0 aliphatic rings. The van der Waals surface area contributed by atoms with E-state index in [9.17, 15) is 4.79 Å². The molecule has 0 spiro atoms. The van der Waals surface area contributed by atoms with Gasteiger partial charge in [-0.3, -0.25) is 4.79 Å². The SMILES string of the molecule is COc1ccc(/C=N/NC(=O)CNc2cccc(Cl)c2)cc1. The molecule has 0 unspecified atom stereocenters. The zero-order valence-corrected chi connectivity index (χ0v) is 12.8. The molecular weight excluding hydrogens is 302 g/mol. The zero-order valence-electron chi connectivity index (χ0n) is 12.0. The number of amides is 1. The second kappa shape index (κ2) is 8.05. The molecule has 1 amide bonds. The van der Waals surface area contributed by atoms with Gasteiger partial charge in [0.1, 0.15) is 5.75 Å². The third-order valence-electron chi connectivity index (χ3n) is 2.80. The van der Waals surface area contributed by atoms with Crippen molar-refractivity contribution in [2.45, 2.75) is 0 Å². The molecule has 5 nitrogen and oxygen atoms in total. The van der Waals surface area contributed by atoms with Crippen molar-refractivity contribution in [1.29, 1.82) is 0 Å². The number of nitrogens with one attached hydrogen (secondary N) is 2. The van der Waals surface area contributed by atoms with Gasteiger partial charge in [0, 0.05) is 10.7 Å². The molecule has 114 valence electrons. The predicted octanol–water partition coefficient (Wildman–Crippen LogP) is 2.91. The predicted molar refractivity (Wildman–Crippen MR) is 88.7 cm³/mol. The number of hydrogen-bond donors (Lipinski definition) is 2. The van der Waals surface area contributed by atoms with E-state index in [4.69, 9.17) is 16.3 Å². The fourth-order valence-corrected chi connectivity index (χ4v) is 1.88. The van der Waals surface area contributed by atoms with Crippen LogP contribution >= 0.6 is 11.6 Å². The van der Waals surface area contributed by atoms with Gasteiger partial charge in [-0.15, -0.1) is 0 Å². The van der Waals surface area contributed by atoms with Gasteiger partial charge in [-0.1, -0.05) is 17.7 Å². The summed E-state index contributed by atoms with van der Waals surface area (Å²) >= 11 is 5.86. The minimum Gasteiger partial charge on any atom is -0.497 e. The number of anilines is 1. The second-order valence-corrected chi connectivity index (χ2v) is 4.87. The van der Waals surface area contributed by atoms with Crippen molar-refractivity contribution in [2.75, 3.05) is 19.0 Å². The van der Waals surface area contributed by atoms with Crippen LogP contribution in [0.1, 0.15) is 5.56 Å². The standard InChI is InChI=1S/C16H16ClN3O2/c1-22-15-7-5-12(6-8-15)10-19-20-16(21)11-18-14-4-2-3-13(17)9-14/h2-10,18H,11H2,1H3,(H,20,21)/b19-10+. The van der Waals surface area contributed by atoms with Crippen LogP contribution in [0.5, 0.6) is 5.75 Å². The highest BCUT2D eigenvalue weighted by molar-refractivity contribution is 6.30. The Labute approximate surface area is 133 Å². The van der Waals surface area contributed by atoms with E-state index in [0.717, 1.165) is 17.0 Å². The van der Waals surface area contributed by atoms with Crippen LogP contribution in [0, 0.1) is 0 Å². The number of benzene rings is 2. The van der Waals surface area contributed by atoms with Crippen molar-refractivity contribution in [3.05, 3.63) is 59.1 Å². The summed E-state index contributed by atoms with van der Waals surface area (Å²) < 4.78 is 5.06. The van der Waals surface area contributed by atoms with Gasteiger partial charge >= 0.3 is 0 Å². The van der Waals surface area contributed by atoms with Gasteiger partial charge in [-0.2, -0.15) is 5.10 Å². The molecule has 0 bridgehead atoms. The van der Waals surface area contributed by atoms with E-state index in [0.29, 0.717) is 5.02 Å². The number of halogens is 1. The van der Waals surface area contributed by atoms with Crippen molar-refractivity contribution in [3.63, 3.8) is 0 Å². The smallest absolute Gasteiger partial charge is 0.259 e. The number of methoxy groups -OCH3 is 1. The van der Waals surface area contributed by atoms with Crippen LogP contribution in [-0.2, 0) is 4.79 Å². The highest BCUT2D eigenvalue weighted by Crippen LogP contribution is 2.14. The van der Waals surface area contributed by atoms with Crippen LogP contribution in [0.3, 0.4) is 0 Å². The van der Waals surface area contributed by atoms with Crippen LogP contribution in [0.2, 0.25) is 5.02 Å². The van der Waals surface area contributed by atoms with Crippen LogP contribution in [0.4, 0.5) is 5.69 Å². The van der Waals surface area contributed by atoms with Crippen LogP contribution < -0.4 is 15.5 Å². The van der Waals surface area contributed by atoms with Crippen LogP contribution in [0.25, 0.3) is 0 Å². The summed E-state index contributed by atoms with van der Waals surface area (Å²) in [5, 5.41) is 7.47. The third-order valence-corrected chi connectivity index (χ3v) is 3.03. The normalized spacial score (nSPS) is 10.5. The van der Waals surface area contributed by atoms with Crippen LogP contribution in [-0.4, -0.2) is 25.8 Å². The first-order chi connectivity index (χ1) is 10.7. The molecular formula is C16H16ClN3O2. The highest BCUT2D eigenvalue weighted by Gasteiger charge is 1.99. The molecule has 0 radical (unpaired) electrons. The van der Waals surface area contributed by atoms with Crippen molar-refractivity contribution >= 4 is 29.4 Å². The fraction of sp³-hybridized carbons (Fsp3) is 0.125. The molecule has 0 aromatic heterocycles. The third kappa shape index (κ3) is 5.10. The Morgan fingerprint density at radius 3 is 2.73 bits per heavy atom. The Hall–Kier alpha value is -2.53. The first kappa shape index (κ1) is 15.9. The Morgan fingerprint density at radius 2 is 2.05 bits per heavy atom. The molecule has 2 rings (SSSR count). The van der Waals surface area contributed by atoms with Crippen molar-refractivity contribution in [3.8, 4) is 5.75 Å². The van der Waals surface area contributed by atoms with Gasteiger partial charge in [-0.05, 0) is 48.0 Å². The molecule has 22 heavy (non-hydrogen) atoms. The lowest BCUT2D eigenvalue weighted by Gasteiger charge is -2.05. The van der Waals surface area contributed by atoms with Gasteiger partial charge in [-0.25, -0.2) is 5.43 Å². The molecule has 0 saturated heterocycles. The zero-order chi connectivity index (χ0) is 15.8. The number of carbonyl (C=O) groups excluding carboxylic acids is 1. The molecule has 0 aliphatic heterocycles. The van der Waals surface area contributed by atoms with Gasteiger partial charge in [0.2, 0.25) is 0 Å². The summed E-state index contributed by atoms with van der Waals surface area (Å²) in [5.41, 5.74) is 4.09. The monoisotopic (exact) mass is 317 g/mol. The van der Waals surface area contributed by atoms with Crippen LogP contribution in [0.15, 0.2) is 53.6 Å². The first-order valence-electron chi connectivity index (χ1n) is 6.63. The lowest BCUT2D eigenvalue weighted by atomic mass is 10.2. The lowest BCUT2D eigenvalue weighted by molar-refractivity contribution is -0.119. The minimum atomic E-state index is -0.246. The average molecular weight is 318 g/mol. The second-order valence-electron chi connectivity index (χ2n) is 4.43. The molecule has 2 N–H and O–H groups in total. The van der Waals surface area contributed by atoms with E-state index in [1.165, 1.54) is 0 Å². The van der Waals surface area contributed by atoms with Gasteiger partial charge < -0.3 is 10.1 Å². The van der Waals surface area contributed by atoms with Crippen molar-refractivity contribution < 1.29 is 9.53 Å². The van der Waals surface area contributed by atoms with Crippen molar-refractivity contribution in [2.24, 2.45) is 5.10 Å². The largest absolute Gasteiger partial charge is 0.497 e. The molecule has 0 atom stereocenters. The number of carbonyl (C=O) groups is 1. The molecule has 0 aliphatic carbocycles. The number of nitrogens with zero attached hydrogens (tertiary/aromatic N) is 1. The summed E-state index contributed by atoms with van der Waals surface area (Å²) in [7, 11) is 1.61. The number of ether oxygens (including phenoxy) is 1. The Bertz CT molecular complexity index is 657. The quantitative estimate of drug-likeness (QED) is 0.636. The van der Waals surface area contributed by atoms with Crippen molar-refractivity contribution in [1.82, 2.24) is 5.43 Å². The maximum atomic E-state index is 11.7. The van der Waals surface area contributed by atoms with Gasteiger partial charge in [0.25, 0.3) is 5.91 Å². The molecule has 6 heteroatoms. The topological polar surface area (TPSA) is 62.7 Å². The average Bonchev–Trinajstić information content (AvgIpc) is 2.54.